The lowest BCUT2D eigenvalue weighted by Gasteiger charge is -2.26. The van der Waals surface area contributed by atoms with Crippen LogP contribution in [0.4, 0.5) is 5.69 Å². The molecule has 0 aromatic heterocycles. The number of halogens is 1. The van der Waals surface area contributed by atoms with Crippen molar-refractivity contribution in [3.63, 3.8) is 0 Å². The summed E-state index contributed by atoms with van der Waals surface area (Å²) >= 11 is 3.53. The van der Waals surface area contributed by atoms with Gasteiger partial charge in [0.1, 0.15) is 0 Å². The van der Waals surface area contributed by atoms with E-state index < -0.39 is 0 Å². The zero-order chi connectivity index (χ0) is 13.7. The van der Waals surface area contributed by atoms with Gasteiger partial charge in [-0.25, -0.2) is 0 Å². The summed E-state index contributed by atoms with van der Waals surface area (Å²) in [5.74, 6) is 1.29. The van der Waals surface area contributed by atoms with Crippen LogP contribution in [0, 0.1) is 18.8 Å². The Bertz CT molecular complexity index is 357. The quantitative estimate of drug-likeness (QED) is 0.827. The van der Waals surface area contributed by atoms with E-state index in [0.29, 0.717) is 24.4 Å². The first-order chi connectivity index (χ1) is 8.42. The summed E-state index contributed by atoms with van der Waals surface area (Å²) in [4.78, 5) is 0. The lowest BCUT2D eigenvalue weighted by molar-refractivity contribution is 0.391. The van der Waals surface area contributed by atoms with Gasteiger partial charge in [-0.2, -0.15) is 0 Å². The highest BCUT2D eigenvalue weighted by Crippen LogP contribution is 2.22. The summed E-state index contributed by atoms with van der Waals surface area (Å²) in [5.41, 5.74) is 8.29. The Hall–Kier alpha value is -0.540. The second kappa shape index (κ2) is 7.15. The minimum atomic E-state index is 0.334. The second-order valence-electron chi connectivity index (χ2n) is 5.61. The molecule has 0 aliphatic heterocycles. The molecule has 3 heteroatoms. The first kappa shape index (κ1) is 15.5. The molecule has 0 saturated carbocycles. The van der Waals surface area contributed by atoms with Crippen molar-refractivity contribution in [3.05, 3.63) is 28.2 Å². The van der Waals surface area contributed by atoms with Crippen LogP contribution < -0.4 is 11.1 Å². The van der Waals surface area contributed by atoms with Crippen LogP contribution in [-0.4, -0.2) is 12.6 Å². The molecule has 0 radical (unpaired) electrons. The molecule has 0 amide bonds. The van der Waals surface area contributed by atoms with Crippen LogP contribution in [0.2, 0.25) is 0 Å². The third-order valence-corrected chi connectivity index (χ3v) is 3.64. The summed E-state index contributed by atoms with van der Waals surface area (Å²) in [7, 11) is 0. The van der Waals surface area contributed by atoms with Gasteiger partial charge in [0.2, 0.25) is 0 Å². The second-order valence-corrected chi connectivity index (χ2v) is 6.53. The average molecular weight is 313 g/mol. The summed E-state index contributed by atoms with van der Waals surface area (Å²) in [6.07, 6.45) is 1.20. The van der Waals surface area contributed by atoms with Gasteiger partial charge in [0, 0.05) is 22.7 Å². The number of hydrogen-bond donors (Lipinski definition) is 2. The van der Waals surface area contributed by atoms with E-state index in [-0.39, 0.29) is 0 Å². The van der Waals surface area contributed by atoms with Crippen LogP contribution in [0.3, 0.4) is 0 Å². The van der Waals surface area contributed by atoms with Crippen molar-refractivity contribution in [2.45, 2.75) is 40.2 Å². The molecule has 0 bridgehead atoms. The summed E-state index contributed by atoms with van der Waals surface area (Å²) in [6.45, 7) is 9.56. The molecule has 0 spiro atoms. The maximum absolute atomic E-state index is 5.90. The molecule has 1 rings (SSSR count). The van der Waals surface area contributed by atoms with Crippen LogP contribution >= 0.6 is 15.9 Å². The predicted octanol–water partition coefficient (Wildman–Crippen LogP) is 4.18. The molecule has 1 aromatic carbocycles. The first-order valence-corrected chi connectivity index (χ1v) is 7.45. The van der Waals surface area contributed by atoms with Crippen LogP contribution in [-0.2, 0) is 0 Å². The molecule has 0 aliphatic carbocycles. The highest BCUT2D eigenvalue weighted by molar-refractivity contribution is 9.10. The van der Waals surface area contributed by atoms with Crippen LogP contribution in [0.25, 0.3) is 0 Å². The lowest BCUT2D eigenvalue weighted by Crippen LogP contribution is -2.35. The standard InChI is InChI=1S/C15H25BrN2/c1-10(2)5-12(4)15(9-17)18-14-7-11(3)6-13(16)8-14/h6-8,10,12,15,18H,5,9,17H2,1-4H3. The smallest absolute Gasteiger partial charge is 0.0409 e. The summed E-state index contributed by atoms with van der Waals surface area (Å²) in [5, 5.41) is 3.56. The molecule has 0 fully saturated rings. The van der Waals surface area contributed by atoms with E-state index in [1.54, 1.807) is 0 Å². The Morgan fingerprint density at radius 3 is 2.39 bits per heavy atom. The predicted molar refractivity (Wildman–Crippen MR) is 84.0 cm³/mol. The Kier molecular flexibility index (Phi) is 6.16. The van der Waals surface area contributed by atoms with E-state index in [1.165, 1.54) is 12.0 Å². The highest BCUT2D eigenvalue weighted by atomic mass is 79.9. The van der Waals surface area contributed by atoms with Gasteiger partial charge in [0.15, 0.2) is 0 Å². The Morgan fingerprint density at radius 1 is 1.22 bits per heavy atom. The van der Waals surface area contributed by atoms with Gasteiger partial charge in [-0.05, 0) is 48.9 Å². The topological polar surface area (TPSA) is 38.0 Å². The zero-order valence-corrected chi connectivity index (χ0v) is 13.4. The molecule has 0 saturated heterocycles. The molecule has 18 heavy (non-hydrogen) atoms. The number of nitrogens with two attached hydrogens (primary N) is 1. The minimum absolute atomic E-state index is 0.334. The van der Waals surface area contributed by atoms with Crippen molar-refractivity contribution in [2.75, 3.05) is 11.9 Å². The maximum Gasteiger partial charge on any atom is 0.0409 e. The molecule has 0 aliphatic rings. The molecule has 2 nitrogen and oxygen atoms in total. The summed E-state index contributed by atoms with van der Waals surface area (Å²) < 4.78 is 1.11. The maximum atomic E-state index is 5.90. The Labute approximate surface area is 119 Å². The molecular weight excluding hydrogens is 288 g/mol. The van der Waals surface area contributed by atoms with Crippen LogP contribution in [0.15, 0.2) is 22.7 Å². The van der Waals surface area contributed by atoms with Crippen molar-refractivity contribution >= 4 is 21.6 Å². The zero-order valence-electron chi connectivity index (χ0n) is 11.8. The van der Waals surface area contributed by atoms with Gasteiger partial charge in [0.25, 0.3) is 0 Å². The van der Waals surface area contributed by atoms with Gasteiger partial charge in [0.05, 0.1) is 0 Å². The summed E-state index contributed by atoms with van der Waals surface area (Å²) in [6, 6.07) is 6.72. The van der Waals surface area contributed by atoms with E-state index >= 15 is 0 Å². The van der Waals surface area contributed by atoms with E-state index in [1.807, 2.05) is 0 Å². The number of anilines is 1. The van der Waals surface area contributed by atoms with Gasteiger partial charge >= 0.3 is 0 Å². The lowest BCUT2D eigenvalue weighted by atomic mass is 9.92. The minimum Gasteiger partial charge on any atom is -0.381 e. The van der Waals surface area contributed by atoms with Crippen LogP contribution in [0.1, 0.15) is 32.8 Å². The number of benzene rings is 1. The fourth-order valence-electron chi connectivity index (χ4n) is 2.38. The van der Waals surface area contributed by atoms with E-state index in [4.69, 9.17) is 5.73 Å². The third-order valence-electron chi connectivity index (χ3n) is 3.18. The Balaban J connectivity index is 2.72. The number of rotatable bonds is 6. The SMILES string of the molecule is Cc1cc(Br)cc(NC(CN)C(C)CC(C)C)c1. The molecule has 102 valence electrons. The van der Waals surface area contributed by atoms with E-state index in [0.717, 1.165) is 10.2 Å². The molecule has 3 N–H and O–H groups in total. The number of hydrogen-bond acceptors (Lipinski definition) is 2. The third kappa shape index (κ3) is 4.99. The van der Waals surface area contributed by atoms with Gasteiger partial charge in [-0.1, -0.05) is 36.7 Å². The molecule has 1 aromatic rings. The van der Waals surface area contributed by atoms with E-state index in [9.17, 15) is 0 Å². The largest absolute Gasteiger partial charge is 0.381 e. The molecular formula is C15H25BrN2. The van der Waals surface area contributed by atoms with Gasteiger partial charge in [-0.3, -0.25) is 0 Å². The van der Waals surface area contributed by atoms with Crippen molar-refractivity contribution in [1.82, 2.24) is 0 Å². The van der Waals surface area contributed by atoms with Crippen LogP contribution in [0.5, 0.6) is 0 Å². The van der Waals surface area contributed by atoms with E-state index in [2.05, 4.69) is 67.1 Å². The fraction of sp³-hybridized carbons (Fsp3) is 0.600. The molecule has 2 atom stereocenters. The number of nitrogens with one attached hydrogen (secondary N) is 1. The number of aryl methyl sites for hydroxylation is 1. The van der Waals surface area contributed by atoms with Crippen molar-refractivity contribution in [1.29, 1.82) is 0 Å². The monoisotopic (exact) mass is 312 g/mol. The van der Waals surface area contributed by atoms with Crippen molar-refractivity contribution in [3.8, 4) is 0 Å². The van der Waals surface area contributed by atoms with Crippen molar-refractivity contribution < 1.29 is 0 Å². The van der Waals surface area contributed by atoms with Gasteiger partial charge in [-0.15, -0.1) is 0 Å². The molecule has 2 unspecified atom stereocenters. The Morgan fingerprint density at radius 2 is 1.89 bits per heavy atom. The highest BCUT2D eigenvalue weighted by Gasteiger charge is 2.16. The van der Waals surface area contributed by atoms with Gasteiger partial charge < -0.3 is 11.1 Å². The van der Waals surface area contributed by atoms with Crippen molar-refractivity contribution in [2.24, 2.45) is 17.6 Å². The normalized spacial score (nSPS) is 14.6. The first-order valence-electron chi connectivity index (χ1n) is 6.66. The molecule has 0 heterocycles. The fourth-order valence-corrected chi connectivity index (χ4v) is 2.98. The average Bonchev–Trinajstić information content (AvgIpc) is 2.23.